The van der Waals surface area contributed by atoms with Crippen LogP contribution < -0.4 is 15.4 Å². The lowest BCUT2D eigenvalue weighted by Gasteiger charge is -2.34. The molecule has 2 N–H and O–H groups in total. The van der Waals surface area contributed by atoms with Crippen molar-refractivity contribution < 1.29 is 9.53 Å². The third kappa shape index (κ3) is 5.50. The average Bonchev–Trinajstić information content (AvgIpc) is 2.52. The lowest BCUT2D eigenvalue weighted by Crippen LogP contribution is -2.45. The van der Waals surface area contributed by atoms with Crippen molar-refractivity contribution in [2.75, 3.05) is 26.2 Å². The van der Waals surface area contributed by atoms with E-state index < -0.39 is 0 Å². The quantitative estimate of drug-likeness (QED) is 0.845. The molecule has 5 heteroatoms. The molecular formula is C17H27ClN2O2. The summed E-state index contributed by atoms with van der Waals surface area (Å²) in [6.07, 6.45) is 3.29. The first-order chi connectivity index (χ1) is 10.1. The molecule has 0 saturated carbocycles. The van der Waals surface area contributed by atoms with Crippen LogP contribution in [-0.2, 0) is 0 Å². The SMILES string of the molecule is CCCOc1cccc(C(=O)NCC2(C)CCCNC2)c1.Cl. The second kappa shape index (κ2) is 9.01. The molecule has 0 bridgehead atoms. The molecule has 1 fully saturated rings. The van der Waals surface area contributed by atoms with E-state index in [0.29, 0.717) is 18.7 Å². The maximum Gasteiger partial charge on any atom is 0.251 e. The zero-order valence-electron chi connectivity index (χ0n) is 13.5. The van der Waals surface area contributed by atoms with Crippen LogP contribution in [-0.4, -0.2) is 32.1 Å². The van der Waals surface area contributed by atoms with Crippen molar-refractivity contribution in [2.45, 2.75) is 33.1 Å². The summed E-state index contributed by atoms with van der Waals surface area (Å²) < 4.78 is 5.57. The Bertz CT molecular complexity index is 473. The fourth-order valence-electron chi connectivity index (χ4n) is 2.61. The fourth-order valence-corrected chi connectivity index (χ4v) is 2.61. The van der Waals surface area contributed by atoms with E-state index in [9.17, 15) is 4.79 Å². The number of carbonyl (C=O) groups excluding carboxylic acids is 1. The standard InChI is InChI=1S/C17H26N2O2.ClH/c1-3-10-21-15-7-4-6-14(11-15)16(20)19-13-17(2)8-5-9-18-12-17;/h4,6-7,11,18H,3,5,8-10,12-13H2,1-2H3,(H,19,20);1H. The Morgan fingerprint density at radius 1 is 1.45 bits per heavy atom. The number of amides is 1. The summed E-state index contributed by atoms with van der Waals surface area (Å²) in [7, 11) is 0. The number of halogens is 1. The highest BCUT2D eigenvalue weighted by atomic mass is 35.5. The monoisotopic (exact) mass is 326 g/mol. The van der Waals surface area contributed by atoms with Crippen LogP contribution in [0.15, 0.2) is 24.3 Å². The highest BCUT2D eigenvalue weighted by Crippen LogP contribution is 2.24. The predicted molar refractivity (Wildman–Crippen MR) is 92.0 cm³/mol. The maximum atomic E-state index is 12.3. The lowest BCUT2D eigenvalue weighted by molar-refractivity contribution is 0.0924. The highest BCUT2D eigenvalue weighted by molar-refractivity contribution is 5.94. The van der Waals surface area contributed by atoms with Crippen LogP contribution in [0.4, 0.5) is 0 Å². The smallest absolute Gasteiger partial charge is 0.251 e. The van der Waals surface area contributed by atoms with Crippen molar-refractivity contribution in [3.63, 3.8) is 0 Å². The van der Waals surface area contributed by atoms with Gasteiger partial charge in [0.15, 0.2) is 0 Å². The van der Waals surface area contributed by atoms with Gasteiger partial charge in [-0.1, -0.05) is 19.9 Å². The van der Waals surface area contributed by atoms with Gasteiger partial charge in [-0.25, -0.2) is 0 Å². The number of ether oxygens (including phenoxy) is 1. The topological polar surface area (TPSA) is 50.4 Å². The van der Waals surface area contributed by atoms with E-state index in [1.807, 2.05) is 24.3 Å². The van der Waals surface area contributed by atoms with Gasteiger partial charge in [-0.2, -0.15) is 0 Å². The average molecular weight is 327 g/mol. The number of nitrogens with one attached hydrogen (secondary N) is 2. The van der Waals surface area contributed by atoms with Gasteiger partial charge in [0.2, 0.25) is 0 Å². The normalized spacial score (nSPS) is 20.8. The second-order valence-electron chi connectivity index (χ2n) is 6.15. The summed E-state index contributed by atoms with van der Waals surface area (Å²) in [5, 5.41) is 6.46. The zero-order chi connectivity index (χ0) is 15.1. The highest BCUT2D eigenvalue weighted by Gasteiger charge is 2.27. The minimum atomic E-state index is -0.0243. The maximum absolute atomic E-state index is 12.3. The van der Waals surface area contributed by atoms with Gasteiger partial charge in [-0.05, 0) is 49.4 Å². The molecule has 2 rings (SSSR count). The van der Waals surface area contributed by atoms with Crippen LogP contribution in [0.2, 0.25) is 0 Å². The molecule has 4 nitrogen and oxygen atoms in total. The van der Waals surface area contributed by atoms with E-state index in [1.165, 1.54) is 6.42 Å². The molecular weight excluding hydrogens is 300 g/mol. The molecule has 0 aliphatic carbocycles. The number of carbonyl (C=O) groups is 1. The van der Waals surface area contributed by atoms with Crippen LogP contribution >= 0.6 is 12.4 Å². The number of piperidine rings is 1. The molecule has 22 heavy (non-hydrogen) atoms. The first kappa shape index (κ1) is 18.8. The van der Waals surface area contributed by atoms with Crippen LogP contribution in [0, 0.1) is 5.41 Å². The lowest BCUT2D eigenvalue weighted by atomic mass is 9.83. The summed E-state index contributed by atoms with van der Waals surface area (Å²) in [4.78, 5) is 12.3. The Balaban J connectivity index is 0.00000242. The van der Waals surface area contributed by atoms with Crippen molar-refractivity contribution in [3.05, 3.63) is 29.8 Å². The Hall–Kier alpha value is -1.26. The van der Waals surface area contributed by atoms with Crippen LogP contribution in [0.5, 0.6) is 5.75 Å². The van der Waals surface area contributed by atoms with E-state index in [0.717, 1.165) is 31.7 Å². The molecule has 0 aromatic heterocycles. The predicted octanol–water partition coefficient (Wildman–Crippen LogP) is 3.02. The minimum absolute atomic E-state index is 0. The van der Waals surface area contributed by atoms with Crippen LogP contribution in [0.3, 0.4) is 0 Å². The number of hydrogen-bond donors (Lipinski definition) is 2. The fraction of sp³-hybridized carbons (Fsp3) is 0.588. The van der Waals surface area contributed by atoms with E-state index in [1.54, 1.807) is 0 Å². The van der Waals surface area contributed by atoms with Crippen molar-refractivity contribution in [2.24, 2.45) is 5.41 Å². The van der Waals surface area contributed by atoms with E-state index in [2.05, 4.69) is 24.5 Å². The van der Waals surface area contributed by atoms with Crippen molar-refractivity contribution in [1.82, 2.24) is 10.6 Å². The van der Waals surface area contributed by atoms with Gasteiger partial charge in [0.05, 0.1) is 6.61 Å². The molecule has 1 aliphatic heterocycles. The Morgan fingerprint density at radius 2 is 2.27 bits per heavy atom. The molecule has 1 heterocycles. The summed E-state index contributed by atoms with van der Waals surface area (Å²) in [6.45, 7) is 7.72. The summed E-state index contributed by atoms with van der Waals surface area (Å²) in [5.41, 5.74) is 0.820. The summed E-state index contributed by atoms with van der Waals surface area (Å²) >= 11 is 0. The Morgan fingerprint density at radius 3 is 2.95 bits per heavy atom. The minimum Gasteiger partial charge on any atom is -0.494 e. The second-order valence-corrected chi connectivity index (χ2v) is 6.15. The summed E-state index contributed by atoms with van der Waals surface area (Å²) in [6, 6.07) is 7.39. The van der Waals surface area contributed by atoms with Gasteiger partial charge >= 0.3 is 0 Å². The van der Waals surface area contributed by atoms with E-state index in [4.69, 9.17) is 4.74 Å². The van der Waals surface area contributed by atoms with Crippen molar-refractivity contribution in [3.8, 4) is 5.75 Å². The third-order valence-corrected chi connectivity index (χ3v) is 3.93. The number of benzene rings is 1. The van der Waals surface area contributed by atoms with Crippen molar-refractivity contribution in [1.29, 1.82) is 0 Å². The van der Waals surface area contributed by atoms with Gasteiger partial charge in [0.25, 0.3) is 5.91 Å². The summed E-state index contributed by atoms with van der Waals surface area (Å²) in [5.74, 6) is 0.735. The van der Waals surface area contributed by atoms with Gasteiger partial charge in [-0.15, -0.1) is 12.4 Å². The first-order valence-corrected chi connectivity index (χ1v) is 7.85. The first-order valence-electron chi connectivity index (χ1n) is 7.85. The van der Waals surface area contributed by atoms with Crippen LogP contribution in [0.1, 0.15) is 43.5 Å². The molecule has 1 saturated heterocycles. The van der Waals surface area contributed by atoms with E-state index >= 15 is 0 Å². The zero-order valence-corrected chi connectivity index (χ0v) is 14.3. The van der Waals surface area contributed by atoms with Gasteiger partial charge in [0, 0.05) is 18.7 Å². The molecule has 1 aromatic carbocycles. The Kier molecular flexibility index (Phi) is 7.69. The molecule has 1 amide bonds. The molecule has 1 atom stereocenters. The Labute approximate surface area is 139 Å². The number of rotatable bonds is 6. The van der Waals surface area contributed by atoms with Crippen LogP contribution in [0.25, 0.3) is 0 Å². The molecule has 0 spiro atoms. The molecule has 1 unspecified atom stereocenters. The van der Waals surface area contributed by atoms with Gasteiger partial charge in [-0.3, -0.25) is 4.79 Å². The van der Waals surface area contributed by atoms with Gasteiger partial charge < -0.3 is 15.4 Å². The molecule has 1 aromatic rings. The number of hydrogen-bond acceptors (Lipinski definition) is 3. The van der Waals surface area contributed by atoms with E-state index in [-0.39, 0.29) is 23.7 Å². The van der Waals surface area contributed by atoms with Crippen molar-refractivity contribution >= 4 is 18.3 Å². The van der Waals surface area contributed by atoms with Gasteiger partial charge in [0.1, 0.15) is 5.75 Å². The molecule has 0 radical (unpaired) electrons. The molecule has 1 aliphatic rings. The largest absolute Gasteiger partial charge is 0.494 e. The third-order valence-electron chi connectivity index (χ3n) is 3.93. The molecule has 124 valence electrons.